The molecule has 90 valence electrons. The lowest BCUT2D eigenvalue weighted by atomic mass is 10.2. The maximum Gasteiger partial charge on any atom is 0.175 e. The van der Waals surface area contributed by atoms with Gasteiger partial charge in [-0.3, -0.25) is 4.40 Å². The molecule has 3 aromatic rings. The topological polar surface area (TPSA) is 39.4 Å². The van der Waals surface area contributed by atoms with E-state index < -0.39 is 0 Å². The molecule has 0 saturated heterocycles. The fraction of sp³-hybridized carbons (Fsp3) is 0.143. The third-order valence-corrected chi connectivity index (χ3v) is 2.77. The number of aromatic nitrogens is 3. The summed E-state index contributed by atoms with van der Waals surface area (Å²) >= 11 is 0. The number of hydrogen-bond donors (Lipinski definition) is 0. The molecule has 0 amide bonds. The van der Waals surface area contributed by atoms with Gasteiger partial charge in [-0.15, -0.1) is 10.2 Å². The van der Waals surface area contributed by atoms with E-state index in [-0.39, 0.29) is 0 Å². The van der Waals surface area contributed by atoms with E-state index in [0.717, 1.165) is 17.2 Å². The molecule has 1 aromatic carbocycles. The normalized spacial score (nSPS) is 10.7. The van der Waals surface area contributed by atoms with Crippen LogP contribution in [0, 0.1) is 6.92 Å². The lowest BCUT2D eigenvalue weighted by molar-refractivity contribution is 0.294. The van der Waals surface area contributed by atoms with Crippen LogP contribution in [0.4, 0.5) is 0 Å². The highest BCUT2D eigenvalue weighted by Crippen LogP contribution is 2.13. The number of nitrogens with zero attached hydrogens (tertiary/aromatic N) is 3. The highest BCUT2D eigenvalue weighted by molar-refractivity contribution is 5.37. The van der Waals surface area contributed by atoms with Crippen molar-refractivity contribution < 1.29 is 4.74 Å². The number of pyridine rings is 1. The molecule has 4 heteroatoms. The van der Waals surface area contributed by atoms with Gasteiger partial charge in [0.1, 0.15) is 12.4 Å². The molecule has 0 radical (unpaired) electrons. The first-order chi connectivity index (χ1) is 8.83. The Bertz CT molecular complexity index is 658. The first-order valence-electron chi connectivity index (χ1n) is 5.81. The maximum absolute atomic E-state index is 5.69. The Hall–Kier alpha value is -2.36. The molecule has 0 fully saturated rings. The van der Waals surface area contributed by atoms with Crippen molar-refractivity contribution >= 4 is 5.65 Å². The lowest BCUT2D eigenvalue weighted by Gasteiger charge is -2.05. The van der Waals surface area contributed by atoms with E-state index in [1.54, 1.807) is 0 Å². The number of benzene rings is 1. The smallest absolute Gasteiger partial charge is 0.175 e. The van der Waals surface area contributed by atoms with Gasteiger partial charge < -0.3 is 4.74 Å². The molecule has 0 aliphatic rings. The van der Waals surface area contributed by atoms with Gasteiger partial charge in [-0.25, -0.2) is 0 Å². The minimum atomic E-state index is 0.411. The van der Waals surface area contributed by atoms with Gasteiger partial charge in [-0.1, -0.05) is 23.8 Å². The Morgan fingerprint density at radius 3 is 2.72 bits per heavy atom. The predicted octanol–water partition coefficient (Wildman–Crippen LogP) is 2.62. The van der Waals surface area contributed by atoms with Crippen molar-refractivity contribution in [3.63, 3.8) is 0 Å². The van der Waals surface area contributed by atoms with Crippen LogP contribution in [0.2, 0.25) is 0 Å². The van der Waals surface area contributed by atoms with Crippen LogP contribution in [0.1, 0.15) is 11.4 Å². The molecule has 0 N–H and O–H groups in total. The second kappa shape index (κ2) is 4.49. The number of fused-ring (bicyclic) bond motifs is 1. The molecular weight excluding hydrogens is 226 g/mol. The van der Waals surface area contributed by atoms with Crippen molar-refractivity contribution in [1.82, 2.24) is 14.6 Å². The van der Waals surface area contributed by atoms with E-state index in [4.69, 9.17) is 4.74 Å². The largest absolute Gasteiger partial charge is 0.486 e. The van der Waals surface area contributed by atoms with Gasteiger partial charge in [0.05, 0.1) is 0 Å². The maximum atomic E-state index is 5.69. The van der Waals surface area contributed by atoms with E-state index in [9.17, 15) is 0 Å². The molecule has 18 heavy (non-hydrogen) atoms. The average molecular weight is 239 g/mol. The van der Waals surface area contributed by atoms with Crippen LogP contribution < -0.4 is 4.74 Å². The third-order valence-electron chi connectivity index (χ3n) is 2.77. The minimum absolute atomic E-state index is 0.411. The summed E-state index contributed by atoms with van der Waals surface area (Å²) in [6.07, 6.45) is 1.93. The Kier molecular flexibility index (Phi) is 2.68. The van der Waals surface area contributed by atoms with Gasteiger partial charge in [0.2, 0.25) is 0 Å². The standard InChI is InChI=1S/C14H13N3O/c1-11-5-7-12(8-6-11)18-10-14-16-15-13-4-2-3-9-17(13)14/h2-9H,10H2,1H3. The summed E-state index contributed by atoms with van der Waals surface area (Å²) in [6.45, 7) is 2.46. The summed E-state index contributed by atoms with van der Waals surface area (Å²) < 4.78 is 7.61. The molecule has 0 aliphatic carbocycles. The van der Waals surface area contributed by atoms with E-state index >= 15 is 0 Å². The molecule has 2 aromatic heterocycles. The number of ether oxygens (including phenoxy) is 1. The summed E-state index contributed by atoms with van der Waals surface area (Å²) in [6, 6.07) is 13.8. The zero-order chi connectivity index (χ0) is 12.4. The van der Waals surface area contributed by atoms with Crippen LogP contribution in [0.15, 0.2) is 48.7 Å². The summed E-state index contributed by atoms with van der Waals surface area (Å²) in [4.78, 5) is 0. The van der Waals surface area contributed by atoms with Crippen molar-refractivity contribution in [2.24, 2.45) is 0 Å². The molecule has 0 aliphatic heterocycles. The van der Waals surface area contributed by atoms with Crippen LogP contribution in [-0.4, -0.2) is 14.6 Å². The van der Waals surface area contributed by atoms with Crippen LogP contribution in [0.3, 0.4) is 0 Å². The predicted molar refractivity (Wildman–Crippen MR) is 68.5 cm³/mol. The van der Waals surface area contributed by atoms with Crippen molar-refractivity contribution in [2.45, 2.75) is 13.5 Å². The van der Waals surface area contributed by atoms with Crippen molar-refractivity contribution in [2.75, 3.05) is 0 Å². The van der Waals surface area contributed by atoms with Crippen LogP contribution >= 0.6 is 0 Å². The van der Waals surface area contributed by atoms with Crippen molar-refractivity contribution in [3.05, 3.63) is 60.0 Å². The highest BCUT2D eigenvalue weighted by atomic mass is 16.5. The molecule has 0 spiro atoms. The fourth-order valence-corrected chi connectivity index (χ4v) is 1.77. The highest BCUT2D eigenvalue weighted by Gasteiger charge is 2.04. The van der Waals surface area contributed by atoms with Crippen molar-refractivity contribution in [1.29, 1.82) is 0 Å². The molecular formula is C14H13N3O. The van der Waals surface area contributed by atoms with E-state index in [2.05, 4.69) is 17.1 Å². The summed E-state index contributed by atoms with van der Waals surface area (Å²) in [5.74, 6) is 1.64. The van der Waals surface area contributed by atoms with E-state index in [0.29, 0.717) is 6.61 Å². The van der Waals surface area contributed by atoms with Gasteiger partial charge in [0.25, 0.3) is 0 Å². The zero-order valence-corrected chi connectivity index (χ0v) is 10.1. The van der Waals surface area contributed by atoms with Gasteiger partial charge >= 0.3 is 0 Å². The monoisotopic (exact) mass is 239 g/mol. The fourth-order valence-electron chi connectivity index (χ4n) is 1.77. The Balaban J connectivity index is 1.79. The Morgan fingerprint density at radius 2 is 1.89 bits per heavy atom. The first-order valence-corrected chi connectivity index (χ1v) is 5.81. The molecule has 0 bridgehead atoms. The quantitative estimate of drug-likeness (QED) is 0.705. The third kappa shape index (κ3) is 2.05. The number of hydrogen-bond acceptors (Lipinski definition) is 3. The molecule has 2 heterocycles. The summed E-state index contributed by atoms with van der Waals surface area (Å²) in [5, 5.41) is 8.19. The number of rotatable bonds is 3. The van der Waals surface area contributed by atoms with Crippen LogP contribution in [-0.2, 0) is 6.61 Å². The SMILES string of the molecule is Cc1ccc(OCc2nnc3ccccn23)cc1. The van der Waals surface area contributed by atoms with Crippen LogP contribution in [0.5, 0.6) is 5.75 Å². The Labute approximate surface area is 105 Å². The first kappa shape index (κ1) is 10.8. The second-order valence-corrected chi connectivity index (χ2v) is 4.15. The number of aryl methyl sites for hydroxylation is 1. The van der Waals surface area contributed by atoms with Gasteiger partial charge in [0.15, 0.2) is 11.5 Å². The van der Waals surface area contributed by atoms with Crippen molar-refractivity contribution in [3.8, 4) is 5.75 Å². The average Bonchev–Trinajstić information content (AvgIpc) is 2.82. The lowest BCUT2D eigenvalue weighted by Crippen LogP contribution is -2.01. The second-order valence-electron chi connectivity index (χ2n) is 4.15. The van der Waals surface area contributed by atoms with Crippen LogP contribution in [0.25, 0.3) is 5.65 Å². The van der Waals surface area contributed by atoms with Gasteiger partial charge in [0, 0.05) is 6.20 Å². The van der Waals surface area contributed by atoms with E-state index in [1.165, 1.54) is 5.56 Å². The molecule has 4 nitrogen and oxygen atoms in total. The van der Waals surface area contributed by atoms with E-state index in [1.807, 2.05) is 53.1 Å². The van der Waals surface area contributed by atoms with Gasteiger partial charge in [-0.05, 0) is 31.2 Å². The molecule has 0 atom stereocenters. The Morgan fingerprint density at radius 1 is 1.06 bits per heavy atom. The summed E-state index contributed by atoms with van der Waals surface area (Å²) in [5.41, 5.74) is 2.05. The summed E-state index contributed by atoms with van der Waals surface area (Å²) in [7, 11) is 0. The zero-order valence-electron chi connectivity index (χ0n) is 10.1. The molecule has 0 unspecified atom stereocenters. The minimum Gasteiger partial charge on any atom is -0.486 e. The van der Waals surface area contributed by atoms with Gasteiger partial charge in [-0.2, -0.15) is 0 Å². The molecule has 3 rings (SSSR count). The molecule has 0 saturated carbocycles.